The Morgan fingerprint density at radius 1 is 1.06 bits per heavy atom. The highest BCUT2D eigenvalue weighted by atomic mass is 16.2. The fourth-order valence-electron chi connectivity index (χ4n) is 4.10. The number of benzene rings is 2. The second-order valence-corrected chi connectivity index (χ2v) is 8.76. The molecule has 0 saturated heterocycles. The molecule has 0 bridgehead atoms. The van der Waals surface area contributed by atoms with Crippen molar-refractivity contribution in [3.63, 3.8) is 0 Å². The minimum atomic E-state index is 0.0892. The molecule has 1 heterocycles. The van der Waals surface area contributed by atoms with Gasteiger partial charge in [-0.3, -0.25) is 9.59 Å². The zero-order valence-electron chi connectivity index (χ0n) is 19.9. The number of aryl methyl sites for hydroxylation is 1. The zero-order chi connectivity index (χ0) is 23.1. The minimum Gasteiger partial charge on any atom is -0.376 e. The summed E-state index contributed by atoms with van der Waals surface area (Å²) in [6.45, 7) is 7.74. The molecule has 172 valence electrons. The molecule has 2 amide bonds. The number of carbonyl (C=O) groups excluding carboxylic acids is 2. The van der Waals surface area contributed by atoms with Crippen molar-refractivity contribution in [3.8, 4) is 0 Å². The van der Waals surface area contributed by atoms with E-state index in [0.717, 1.165) is 25.2 Å². The van der Waals surface area contributed by atoms with Crippen molar-refractivity contribution in [1.82, 2.24) is 14.7 Å². The normalized spacial score (nSPS) is 13.1. The average Bonchev–Trinajstić information content (AvgIpc) is 2.80. The van der Waals surface area contributed by atoms with Crippen LogP contribution in [0.15, 0.2) is 42.5 Å². The van der Waals surface area contributed by atoms with Crippen LogP contribution in [0.3, 0.4) is 0 Å². The van der Waals surface area contributed by atoms with Crippen LogP contribution in [0.5, 0.6) is 0 Å². The lowest BCUT2D eigenvalue weighted by molar-refractivity contribution is -0.132. The molecule has 3 rings (SSSR count). The highest BCUT2D eigenvalue weighted by Gasteiger charge is 2.22. The van der Waals surface area contributed by atoms with Gasteiger partial charge in [0.1, 0.15) is 0 Å². The van der Waals surface area contributed by atoms with Crippen LogP contribution in [-0.2, 0) is 29.1 Å². The van der Waals surface area contributed by atoms with E-state index in [2.05, 4.69) is 35.3 Å². The number of anilines is 1. The van der Waals surface area contributed by atoms with Crippen LogP contribution in [0.4, 0.5) is 5.69 Å². The molecule has 0 atom stereocenters. The Labute approximate surface area is 192 Å². The van der Waals surface area contributed by atoms with Gasteiger partial charge in [0.25, 0.3) is 0 Å². The SMILES string of the molecule is CCC(=O)N1CCc2c(cccc2NCC(=O)N(CCN(C)C)Cc2ccccc2C)C1. The Bertz CT molecular complexity index is 941. The topological polar surface area (TPSA) is 55.9 Å². The number of likely N-dealkylation sites (N-methyl/N-ethyl adjacent to an activating group) is 1. The highest BCUT2D eigenvalue weighted by Crippen LogP contribution is 2.26. The number of hydrogen-bond donors (Lipinski definition) is 1. The van der Waals surface area contributed by atoms with Gasteiger partial charge in [-0.2, -0.15) is 0 Å². The quantitative estimate of drug-likeness (QED) is 0.655. The van der Waals surface area contributed by atoms with E-state index in [-0.39, 0.29) is 18.4 Å². The number of fused-ring (bicyclic) bond motifs is 1. The molecule has 0 saturated carbocycles. The van der Waals surface area contributed by atoms with Gasteiger partial charge in [0.05, 0.1) is 6.54 Å². The van der Waals surface area contributed by atoms with Gasteiger partial charge in [0.15, 0.2) is 0 Å². The molecule has 6 nitrogen and oxygen atoms in total. The molecule has 32 heavy (non-hydrogen) atoms. The highest BCUT2D eigenvalue weighted by molar-refractivity contribution is 5.81. The molecule has 2 aromatic rings. The van der Waals surface area contributed by atoms with Crippen molar-refractivity contribution in [2.75, 3.05) is 45.6 Å². The molecule has 0 spiro atoms. The Morgan fingerprint density at radius 2 is 1.84 bits per heavy atom. The summed E-state index contributed by atoms with van der Waals surface area (Å²) in [6.07, 6.45) is 1.34. The molecular weight excluding hydrogens is 400 g/mol. The Hall–Kier alpha value is -2.86. The first-order chi connectivity index (χ1) is 15.4. The third-order valence-corrected chi connectivity index (χ3v) is 6.14. The lowest BCUT2D eigenvalue weighted by atomic mass is 9.97. The molecule has 1 aliphatic rings. The number of nitrogens with one attached hydrogen (secondary N) is 1. The van der Waals surface area contributed by atoms with Crippen molar-refractivity contribution >= 4 is 17.5 Å². The maximum absolute atomic E-state index is 13.2. The number of rotatable bonds is 9. The van der Waals surface area contributed by atoms with Crippen molar-refractivity contribution < 1.29 is 9.59 Å². The molecule has 0 fully saturated rings. The first-order valence-electron chi connectivity index (χ1n) is 11.5. The summed E-state index contributed by atoms with van der Waals surface area (Å²) < 4.78 is 0. The molecule has 1 aliphatic heterocycles. The molecule has 6 heteroatoms. The Morgan fingerprint density at radius 3 is 2.56 bits per heavy atom. The summed E-state index contributed by atoms with van der Waals surface area (Å²) >= 11 is 0. The van der Waals surface area contributed by atoms with Crippen molar-refractivity contribution in [3.05, 3.63) is 64.7 Å². The van der Waals surface area contributed by atoms with Gasteiger partial charge in [0, 0.05) is 44.8 Å². The fourth-order valence-corrected chi connectivity index (χ4v) is 4.10. The predicted octanol–water partition coefficient (Wildman–Crippen LogP) is 3.29. The second kappa shape index (κ2) is 11.1. The van der Waals surface area contributed by atoms with Crippen LogP contribution in [0.1, 0.15) is 35.6 Å². The number of hydrogen-bond acceptors (Lipinski definition) is 4. The summed E-state index contributed by atoms with van der Waals surface area (Å²) in [5.41, 5.74) is 5.77. The van der Waals surface area contributed by atoms with Gasteiger partial charge in [0.2, 0.25) is 11.8 Å². The van der Waals surface area contributed by atoms with E-state index >= 15 is 0 Å². The smallest absolute Gasteiger partial charge is 0.242 e. The summed E-state index contributed by atoms with van der Waals surface area (Å²) in [4.78, 5) is 31.2. The van der Waals surface area contributed by atoms with Gasteiger partial charge in [-0.1, -0.05) is 43.3 Å². The van der Waals surface area contributed by atoms with Crippen molar-refractivity contribution in [2.45, 2.75) is 39.8 Å². The van der Waals surface area contributed by atoms with Crippen LogP contribution in [0.25, 0.3) is 0 Å². The molecule has 1 N–H and O–H groups in total. The van der Waals surface area contributed by atoms with E-state index < -0.39 is 0 Å². The van der Waals surface area contributed by atoms with E-state index in [9.17, 15) is 9.59 Å². The van der Waals surface area contributed by atoms with Crippen LogP contribution in [0, 0.1) is 6.92 Å². The average molecular weight is 437 g/mol. The van der Waals surface area contributed by atoms with Gasteiger partial charge in [-0.25, -0.2) is 0 Å². The van der Waals surface area contributed by atoms with E-state index in [4.69, 9.17) is 0 Å². The third kappa shape index (κ3) is 6.10. The van der Waals surface area contributed by atoms with E-state index in [1.165, 1.54) is 22.3 Å². The maximum atomic E-state index is 13.2. The van der Waals surface area contributed by atoms with Gasteiger partial charge in [-0.05, 0) is 55.8 Å². The molecule has 0 unspecified atom stereocenters. The molecule has 2 aromatic carbocycles. The van der Waals surface area contributed by atoms with Crippen LogP contribution < -0.4 is 5.32 Å². The predicted molar refractivity (Wildman–Crippen MR) is 129 cm³/mol. The largest absolute Gasteiger partial charge is 0.376 e. The number of amides is 2. The first-order valence-corrected chi connectivity index (χ1v) is 11.5. The second-order valence-electron chi connectivity index (χ2n) is 8.76. The van der Waals surface area contributed by atoms with Crippen LogP contribution >= 0.6 is 0 Å². The lowest BCUT2D eigenvalue weighted by Crippen LogP contribution is -2.40. The molecular formula is C26H36N4O2. The van der Waals surface area contributed by atoms with Gasteiger partial charge in [-0.15, -0.1) is 0 Å². The summed E-state index contributed by atoms with van der Waals surface area (Å²) in [5.74, 6) is 0.281. The van der Waals surface area contributed by atoms with Crippen LogP contribution in [0.2, 0.25) is 0 Å². The number of nitrogens with zero attached hydrogens (tertiary/aromatic N) is 3. The minimum absolute atomic E-state index is 0.0892. The maximum Gasteiger partial charge on any atom is 0.242 e. The summed E-state index contributed by atoms with van der Waals surface area (Å²) in [7, 11) is 4.05. The fraction of sp³-hybridized carbons (Fsp3) is 0.462. The van der Waals surface area contributed by atoms with Crippen molar-refractivity contribution in [2.24, 2.45) is 0 Å². The monoisotopic (exact) mass is 436 g/mol. The van der Waals surface area contributed by atoms with Gasteiger partial charge >= 0.3 is 0 Å². The zero-order valence-corrected chi connectivity index (χ0v) is 19.9. The Kier molecular flexibility index (Phi) is 8.28. The molecule has 0 aromatic heterocycles. The van der Waals surface area contributed by atoms with E-state index in [0.29, 0.717) is 26.1 Å². The summed E-state index contributed by atoms with van der Waals surface area (Å²) in [6, 6.07) is 14.4. The summed E-state index contributed by atoms with van der Waals surface area (Å²) in [5, 5.41) is 3.39. The number of carbonyl (C=O) groups is 2. The first kappa shape index (κ1) is 23.8. The Balaban J connectivity index is 1.68. The standard InChI is InChI=1S/C26H36N4O2/c1-5-25(31)29-14-13-23-22(19-29)11-8-12-24(23)27-17-26(32)30(16-15-28(3)4)18-21-10-7-6-9-20(21)2/h6-12,27H,5,13-19H2,1-4H3. The molecule has 0 radical (unpaired) electrons. The van der Waals surface area contributed by atoms with E-state index in [1.54, 1.807) is 0 Å². The third-order valence-electron chi connectivity index (χ3n) is 6.14. The van der Waals surface area contributed by atoms with Crippen molar-refractivity contribution in [1.29, 1.82) is 0 Å². The van der Waals surface area contributed by atoms with E-state index in [1.807, 2.05) is 55.1 Å². The van der Waals surface area contributed by atoms with Gasteiger partial charge < -0.3 is 20.0 Å². The lowest BCUT2D eigenvalue weighted by Gasteiger charge is -2.30. The van der Waals surface area contributed by atoms with Crippen LogP contribution in [-0.4, -0.2) is 66.8 Å². The molecule has 0 aliphatic carbocycles.